The Labute approximate surface area is 288 Å². The standard InChI is InChI=1S/C46H30N2S/c1-3-11-31(12-4-1)32-19-22-36(23-20-32)47(37-24-21-33-29-46-42(28-34(33)27-37)40-16-8-10-18-45(40)49-46)38-25-26-44-41(30-38)39-15-7-9-17-43(39)48(44)35-13-5-2-6-14-35/h1-30H. The molecule has 0 bridgehead atoms. The number of anilines is 3. The van der Waals surface area contributed by atoms with Crippen LogP contribution in [0.1, 0.15) is 0 Å². The Morgan fingerprint density at radius 1 is 0.367 bits per heavy atom. The topological polar surface area (TPSA) is 8.17 Å². The maximum absolute atomic E-state index is 2.40. The van der Waals surface area contributed by atoms with Crippen LogP contribution < -0.4 is 4.90 Å². The predicted octanol–water partition coefficient (Wildman–Crippen LogP) is 13.4. The highest BCUT2D eigenvalue weighted by atomic mass is 32.1. The molecular weight excluding hydrogens is 613 g/mol. The van der Waals surface area contributed by atoms with E-state index in [9.17, 15) is 0 Å². The summed E-state index contributed by atoms with van der Waals surface area (Å²) in [4.78, 5) is 2.40. The van der Waals surface area contributed by atoms with Gasteiger partial charge in [0, 0.05) is 53.7 Å². The first kappa shape index (κ1) is 27.9. The van der Waals surface area contributed by atoms with Crippen LogP contribution in [0.5, 0.6) is 0 Å². The molecule has 0 spiro atoms. The molecule has 0 aliphatic carbocycles. The van der Waals surface area contributed by atoms with Gasteiger partial charge < -0.3 is 9.47 Å². The molecule has 49 heavy (non-hydrogen) atoms. The summed E-state index contributed by atoms with van der Waals surface area (Å²) in [6.07, 6.45) is 0. The molecule has 0 atom stereocenters. The lowest BCUT2D eigenvalue weighted by atomic mass is 10.0. The smallest absolute Gasteiger partial charge is 0.0542 e. The second kappa shape index (κ2) is 11.2. The van der Waals surface area contributed by atoms with Gasteiger partial charge >= 0.3 is 0 Å². The van der Waals surface area contributed by atoms with Crippen molar-refractivity contribution in [3.8, 4) is 16.8 Å². The van der Waals surface area contributed by atoms with Gasteiger partial charge in [0.2, 0.25) is 0 Å². The first-order chi connectivity index (χ1) is 24.3. The highest BCUT2D eigenvalue weighted by Crippen LogP contribution is 2.42. The molecule has 0 radical (unpaired) electrons. The van der Waals surface area contributed by atoms with Crippen molar-refractivity contribution in [2.24, 2.45) is 0 Å². The van der Waals surface area contributed by atoms with Gasteiger partial charge in [-0.05, 0) is 101 Å². The molecule has 230 valence electrons. The number of hydrogen-bond acceptors (Lipinski definition) is 2. The highest BCUT2D eigenvalue weighted by molar-refractivity contribution is 7.25. The van der Waals surface area contributed by atoms with Crippen molar-refractivity contribution in [1.82, 2.24) is 4.57 Å². The summed E-state index contributed by atoms with van der Waals surface area (Å²) in [6.45, 7) is 0. The Morgan fingerprint density at radius 3 is 1.84 bits per heavy atom. The van der Waals surface area contributed by atoms with Gasteiger partial charge in [-0.15, -0.1) is 11.3 Å². The second-order valence-corrected chi connectivity index (χ2v) is 13.7. The van der Waals surface area contributed by atoms with Crippen LogP contribution in [0.3, 0.4) is 0 Å². The van der Waals surface area contributed by atoms with E-state index >= 15 is 0 Å². The summed E-state index contributed by atoms with van der Waals surface area (Å²) in [5.41, 5.74) is 9.36. The van der Waals surface area contributed by atoms with Crippen molar-refractivity contribution < 1.29 is 0 Å². The van der Waals surface area contributed by atoms with Gasteiger partial charge in [-0.1, -0.05) is 103 Å². The quantitative estimate of drug-likeness (QED) is 0.181. The third kappa shape index (κ3) is 4.62. The molecule has 0 N–H and O–H groups in total. The number of hydrogen-bond donors (Lipinski definition) is 0. The van der Waals surface area contributed by atoms with Gasteiger partial charge in [-0.3, -0.25) is 0 Å². The lowest BCUT2D eigenvalue weighted by Gasteiger charge is -2.26. The molecule has 10 rings (SSSR count). The van der Waals surface area contributed by atoms with Crippen LogP contribution >= 0.6 is 11.3 Å². The van der Waals surface area contributed by atoms with E-state index in [1.165, 1.54) is 63.9 Å². The van der Waals surface area contributed by atoms with E-state index in [2.05, 4.69) is 191 Å². The maximum atomic E-state index is 2.40. The van der Waals surface area contributed by atoms with E-state index < -0.39 is 0 Å². The molecule has 2 aromatic heterocycles. The largest absolute Gasteiger partial charge is 0.310 e. The highest BCUT2D eigenvalue weighted by Gasteiger charge is 2.18. The molecule has 0 amide bonds. The van der Waals surface area contributed by atoms with Gasteiger partial charge in [-0.2, -0.15) is 0 Å². The average Bonchev–Trinajstić information content (AvgIpc) is 3.70. The average molecular weight is 643 g/mol. The first-order valence-corrected chi connectivity index (χ1v) is 17.5. The molecular formula is C46H30N2S. The van der Waals surface area contributed by atoms with E-state index in [1.807, 2.05) is 11.3 Å². The van der Waals surface area contributed by atoms with E-state index in [1.54, 1.807) is 0 Å². The minimum absolute atomic E-state index is 1.12. The van der Waals surface area contributed by atoms with Crippen molar-refractivity contribution >= 4 is 81.1 Å². The summed E-state index contributed by atoms with van der Waals surface area (Å²) in [5, 5.41) is 7.61. The number of fused-ring (bicyclic) bond motifs is 7. The minimum Gasteiger partial charge on any atom is -0.310 e. The summed E-state index contributed by atoms with van der Waals surface area (Å²) >= 11 is 1.87. The third-order valence-corrected chi connectivity index (χ3v) is 10.9. The van der Waals surface area contributed by atoms with Crippen LogP contribution in [0, 0.1) is 0 Å². The zero-order valence-electron chi connectivity index (χ0n) is 26.6. The van der Waals surface area contributed by atoms with E-state index in [4.69, 9.17) is 0 Å². The van der Waals surface area contributed by atoms with Gasteiger partial charge in [-0.25, -0.2) is 0 Å². The van der Waals surface area contributed by atoms with Crippen molar-refractivity contribution in [2.75, 3.05) is 4.90 Å². The SMILES string of the molecule is c1ccc(-c2ccc(N(c3ccc4cc5sc6ccccc6c5cc4c3)c3ccc4c(c3)c3ccccc3n4-c3ccccc3)cc2)cc1. The fraction of sp³-hybridized carbons (Fsp3) is 0. The second-order valence-electron chi connectivity index (χ2n) is 12.6. The van der Waals surface area contributed by atoms with E-state index in [-0.39, 0.29) is 0 Å². The lowest BCUT2D eigenvalue weighted by molar-refractivity contribution is 1.18. The number of nitrogens with zero attached hydrogens (tertiary/aromatic N) is 2. The Morgan fingerprint density at radius 2 is 1.00 bits per heavy atom. The Kier molecular flexibility index (Phi) is 6.39. The van der Waals surface area contributed by atoms with Gasteiger partial charge in [0.25, 0.3) is 0 Å². The van der Waals surface area contributed by atoms with Crippen molar-refractivity contribution in [1.29, 1.82) is 0 Å². The van der Waals surface area contributed by atoms with Crippen LogP contribution in [0.4, 0.5) is 17.1 Å². The Bertz CT molecular complexity index is 2810. The van der Waals surface area contributed by atoms with Crippen LogP contribution in [-0.4, -0.2) is 4.57 Å². The van der Waals surface area contributed by atoms with Gasteiger partial charge in [0.1, 0.15) is 0 Å². The number of rotatable bonds is 5. The molecule has 10 aromatic rings. The molecule has 0 saturated heterocycles. The lowest BCUT2D eigenvalue weighted by Crippen LogP contribution is -2.10. The molecule has 0 unspecified atom stereocenters. The zero-order chi connectivity index (χ0) is 32.3. The van der Waals surface area contributed by atoms with Gasteiger partial charge in [0.05, 0.1) is 11.0 Å². The Balaban J connectivity index is 1.18. The normalized spacial score (nSPS) is 11.7. The summed E-state index contributed by atoms with van der Waals surface area (Å²) in [5.74, 6) is 0. The minimum atomic E-state index is 1.12. The van der Waals surface area contributed by atoms with E-state index in [0.29, 0.717) is 0 Å². The van der Waals surface area contributed by atoms with Gasteiger partial charge in [0.15, 0.2) is 0 Å². The van der Waals surface area contributed by atoms with Crippen LogP contribution in [0.15, 0.2) is 182 Å². The summed E-state index contributed by atoms with van der Waals surface area (Å²) < 4.78 is 5.03. The van der Waals surface area contributed by atoms with Crippen molar-refractivity contribution in [3.63, 3.8) is 0 Å². The van der Waals surface area contributed by atoms with Crippen LogP contribution in [0.2, 0.25) is 0 Å². The van der Waals surface area contributed by atoms with Crippen LogP contribution in [-0.2, 0) is 0 Å². The summed E-state index contributed by atoms with van der Waals surface area (Å²) in [7, 11) is 0. The molecule has 0 fully saturated rings. The number of benzene rings is 8. The molecule has 0 aliphatic heterocycles. The van der Waals surface area contributed by atoms with E-state index in [0.717, 1.165) is 22.7 Å². The fourth-order valence-corrected chi connectivity index (χ4v) is 8.57. The number of aromatic nitrogens is 1. The fourth-order valence-electron chi connectivity index (χ4n) is 7.43. The molecule has 0 aliphatic rings. The monoisotopic (exact) mass is 642 g/mol. The molecule has 3 heteroatoms. The maximum Gasteiger partial charge on any atom is 0.0542 e. The predicted molar refractivity (Wildman–Crippen MR) is 211 cm³/mol. The van der Waals surface area contributed by atoms with Crippen LogP contribution in [0.25, 0.3) is 69.6 Å². The molecule has 0 saturated carbocycles. The first-order valence-electron chi connectivity index (χ1n) is 16.7. The zero-order valence-corrected chi connectivity index (χ0v) is 27.4. The molecule has 8 aromatic carbocycles. The number of para-hydroxylation sites is 2. The van der Waals surface area contributed by atoms with Crippen molar-refractivity contribution in [2.45, 2.75) is 0 Å². The number of thiophene rings is 1. The Hall–Kier alpha value is -6.16. The summed E-state index contributed by atoms with van der Waals surface area (Å²) in [6, 6.07) is 66.2. The molecule has 2 nitrogen and oxygen atoms in total. The molecule has 2 heterocycles. The third-order valence-electron chi connectivity index (χ3n) is 9.74. The van der Waals surface area contributed by atoms with Crippen molar-refractivity contribution in [3.05, 3.63) is 182 Å².